The molecule has 1 heterocycles. The minimum absolute atomic E-state index is 0.0243. The molecule has 0 spiro atoms. The molecular weight excluding hydrogens is 450 g/mol. The fraction of sp³-hybridized carbons (Fsp3) is 0.292. The minimum atomic E-state index is -1.11. The monoisotopic (exact) mass is 474 g/mol. The molecule has 10 heteroatoms. The van der Waals surface area contributed by atoms with Crippen LogP contribution in [0.1, 0.15) is 35.7 Å². The van der Waals surface area contributed by atoms with Crippen LogP contribution >= 0.6 is 0 Å². The number of benzene rings is 2. The number of hydroxylamine groups is 2. The average Bonchev–Trinajstić information content (AvgIpc) is 2.99. The summed E-state index contributed by atoms with van der Waals surface area (Å²) in [6, 6.07) is 8.26. The number of anilines is 1. The fourth-order valence-electron chi connectivity index (χ4n) is 3.77. The Morgan fingerprint density at radius 1 is 1.12 bits per heavy atom. The lowest BCUT2D eigenvalue weighted by molar-refractivity contribution is -0.182. The van der Waals surface area contributed by atoms with E-state index in [1.807, 2.05) is 0 Å². The van der Waals surface area contributed by atoms with Gasteiger partial charge in [0.25, 0.3) is 5.91 Å². The van der Waals surface area contributed by atoms with Crippen LogP contribution in [0.3, 0.4) is 0 Å². The van der Waals surface area contributed by atoms with Crippen LogP contribution in [0.2, 0.25) is 0 Å². The molecule has 0 saturated carbocycles. The molecule has 0 aliphatic carbocycles. The van der Waals surface area contributed by atoms with Crippen molar-refractivity contribution in [3.05, 3.63) is 70.8 Å². The number of hydrogen-bond acceptors (Lipinski definition) is 6. The van der Waals surface area contributed by atoms with E-state index in [1.165, 1.54) is 24.3 Å². The Morgan fingerprint density at radius 2 is 1.76 bits per heavy atom. The van der Waals surface area contributed by atoms with Crippen molar-refractivity contribution in [3.8, 4) is 0 Å². The topological polar surface area (TPSA) is 105 Å². The molecule has 2 N–H and O–H groups in total. The highest BCUT2D eigenvalue weighted by molar-refractivity contribution is 6.05. The van der Waals surface area contributed by atoms with Gasteiger partial charge in [0.15, 0.2) is 0 Å². The number of hydrogen-bond donors (Lipinski definition) is 2. The number of ether oxygens (including phenoxy) is 1. The highest BCUT2D eigenvalue weighted by atomic mass is 19.1. The van der Waals surface area contributed by atoms with Gasteiger partial charge in [0.2, 0.25) is 0 Å². The molecule has 1 amide bonds. The van der Waals surface area contributed by atoms with Gasteiger partial charge in [-0.1, -0.05) is 18.2 Å². The third-order valence-electron chi connectivity index (χ3n) is 5.41. The van der Waals surface area contributed by atoms with Crippen molar-refractivity contribution in [2.45, 2.75) is 25.8 Å². The number of halogens is 2. The Morgan fingerprint density at radius 3 is 2.32 bits per heavy atom. The predicted molar refractivity (Wildman–Crippen MR) is 119 cm³/mol. The molecule has 3 rings (SSSR count). The van der Waals surface area contributed by atoms with Crippen molar-refractivity contribution in [2.75, 3.05) is 25.6 Å². The van der Waals surface area contributed by atoms with E-state index in [0.29, 0.717) is 16.7 Å². The lowest BCUT2D eigenvalue weighted by atomic mass is 9.93. The molecule has 8 nitrogen and oxygen atoms in total. The van der Waals surface area contributed by atoms with Crippen molar-refractivity contribution in [3.63, 3.8) is 0 Å². The number of carboxylic acids is 1. The largest absolute Gasteiger partial charge is 0.480 e. The zero-order valence-corrected chi connectivity index (χ0v) is 18.6. The summed E-state index contributed by atoms with van der Waals surface area (Å²) in [6.45, 7) is 2.00. The van der Waals surface area contributed by atoms with Crippen LogP contribution in [0.4, 0.5) is 14.5 Å². The Labute approximate surface area is 194 Å². The summed E-state index contributed by atoms with van der Waals surface area (Å²) in [4.78, 5) is 42.0. The van der Waals surface area contributed by atoms with Crippen molar-refractivity contribution < 1.29 is 37.8 Å². The first-order valence-electron chi connectivity index (χ1n) is 10.5. The van der Waals surface area contributed by atoms with Crippen LogP contribution in [0.15, 0.2) is 48.0 Å². The Hall–Kier alpha value is -3.63. The average molecular weight is 474 g/mol. The van der Waals surface area contributed by atoms with Crippen molar-refractivity contribution in [2.24, 2.45) is 0 Å². The molecule has 180 valence electrons. The van der Waals surface area contributed by atoms with E-state index in [0.717, 1.165) is 18.2 Å². The first kappa shape index (κ1) is 25.0. The maximum atomic E-state index is 13.9. The molecule has 1 aliphatic heterocycles. The number of amides is 1. The fourth-order valence-corrected chi connectivity index (χ4v) is 3.77. The van der Waals surface area contributed by atoms with Crippen LogP contribution in [0.5, 0.6) is 0 Å². The molecule has 0 aromatic heterocycles. The highest BCUT2D eigenvalue weighted by Gasteiger charge is 2.33. The second kappa shape index (κ2) is 11.0. The van der Waals surface area contributed by atoms with Crippen LogP contribution < -0.4 is 5.32 Å². The van der Waals surface area contributed by atoms with E-state index in [-0.39, 0.29) is 31.7 Å². The standard InChI is InChI=1S/C24H24F2N2O6/c1-3-34-24(32)16-11-12-28(33-2)20(23(30)31)13-17(16)14-7-9-15(10-8-14)27-22(29)21-18(25)5-4-6-19(21)26/h4-10,20H,3,11-13H2,1-2H3,(H,27,29)(H,30,31). The Balaban J connectivity index is 1.92. The van der Waals surface area contributed by atoms with Gasteiger partial charge in [-0.15, -0.1) is 0 Å². The van der Waals surface area contributed by atoms with E-state index >= 15 is 0 Å². The van der Waals surface area contributed by atoms with E-state index in [2.05, 4.69) is 5.32 Å². The number of carbonyl (C=O) groups excluding carboxylic acids is 2. The number of carbonyl (C=O) groups is 3. The van der Waals surface area contributed by atoms with Gasteiger partial charge in [-0.2, -0.15) is 5.06 Å². The van der Waals surface area contributed by atoms with Gasteiger partial charge in [0, 0.05) is 24.2 Å². The van der Waals surface area contributed by atoms with Gasteiger partial charge in [0.05, 0.1) is 13.7 Å². The molecule has 0 fully saturated rings. The minimum Gasteiger partial charge on any atom is -0.480 e. The van der Waals surface area contributed by atoms with E-state index in [4.69, 9.17) is 9.57 Å². The molecule has 2 aromatic rings. The van der Waals surface area contributed by atoms with E-state index < -0.39 is 41.1 Å². The molecule has 34 heavy (non-hydrogen) atoms. The number of nitrogens with zero attached hydrogens (tertiary/aromatic N) is 1. The third-order valence-corrected chi connectivity index (χ3v) is 5.41. The number of carboxylic acid groups (broad SMARTS) is 1. The van der Waals surface area contributed by atoms with Crippen LogP contribution in [0, 0.1) is 11.6 Å². The lowest BCUT2D eigenvalue weighted by Crippen LogP contribution is -2.40. The van der Waals surface area contributed by atoms with Crippen LogP contribution in [-0.4, -0.2) is 54.3 Å². The van der Waals surface area contributed by atoms with E-state index in [1.54, 1.807) is 19.1 Å². The summed E-state index contributed by atoms with van der Waals surface area (Å²) in [7, 11) is 1.36. The van der Waals surface area contributed by atoms with Crippen molar-refractivity contribution in [1.82, 2.24) is 5.06 Å². The lowest BCUT2D eigenvalue weighted by Gasteiger charge is -2.24. The van der Waals surface area contributed by atoms with Gasteiger partial charge in [-0.05, 0) is 48.7 Å². The van der Waals surface area contributed by atoms with Gasteiger partial charge < -0.3 is 20.0 Å². The first-order valence-corrected chi connectivity index (χ1v) is 10.5. The molecule has 0 radical (unpaired) electrons. The van der Waals surface area contributed by atoms with Gasteiger partial charge >= 0.3 is 11.9 Å². The number of nitrogens with one attached hydrogen (secondary N) is 1. The molecule has 1 atom stereocenters. The zero-order valence-electron chi connectivity index (χ0n) is 18.6. The first-order chi connectivity index (χ1) is 16.3. The van der Waals surface area contributed by atoms with Crippen molar-refractivity contribution >= 4 is 29.1 Å². The Kier molecular flexibility index (Phi) is 8.08. The quantitative estimate of drug-likeness (QED) is 0.591. The summed E-state index contributed by atoms with van der Waals surface area (Å²) >= 11 is 0. The summed E-state index contributed by atoms with van der Waals surface area (Å²) in [6.07, 6.45) is 0.181. The van der Waals surface area contributed by atoms with Gasteiger partial charge in [-0.3, -0.25) is 9.59 Å². The van der Waals surface area contributed by atoms with E-state index in [9.17, 15) is 28.3 Å². The Bertz CT molecular complexity index is 1100. The van der Waals surface area contributed by atoms with Crippen LogP contribution in [-0.2, 0) is 19.2 Å². The number of aliphatic carboxylic acids is 1. The smallest absolute Gasteiger partial charge is 0.334 e. The van der Waals surface area contributed by atoms with Crippen LogP contribution in [0.25, 0.3) is 5.57 Å². The SMILES string of the molecule is CCOC(=O)C1=C(c2ccc(NC(=O)c3c(F)cccc3F)cc2)CC(C(=O)O)N(OC)CC1. The predicted octanol–water partition coefficient (Wildman–Crippen LogP) is 3.64. The molecular formula is C24H24F2N2O6. The zero-order chi connectivity index (χ0) is 24.8. The molecule has 0 saturated heterocycles. The maximum Gasteiger partial charge on any atom is 0.334 e. The third kappa shape index (κ3) is 5.46. The summed E-state index contributed by atoms with van der Waals surface area (Å²) in [5, 5.41) is 13.4. The summed E-state index contributed by atoms with van der Waals surface area (Å²) < 4.78 is 32.9. The van der Waals surface area contributed by atoms with Crippen molar-refractivity contribution in [1.29, 1.82) is 0 Å². The molecule has 0 bridgehead atoms. The number of esters is 1. The molecule has 1 unspecified atom stereocenters. The maximum absolute atomic E-state index is 13.9. The van der Waals surface area contributed by atoms with Gasteiger partial charge in [0.1, 0.15) is 23.2 Å². The normalized spacial score (nSPS) is 16.6. The molecule has 2 aromatic carbocycles. The second-order valence-corrected chi connectivity index (χ2v) is 7.44. The number of rotatable bonds is 7. The molecule has 1 aliphatic rings. The second-order valence-electron chi connectivity index (χ2n) is 7.44. The highest BCUT2D eigenvalue weighted by Crippen LogP contribution is 2.32. The van der Waals surface area contributed by atoms with Gasteiger partial charge in [-0.25, -0.2) is 13.6 Å². The summed E-state index contributed by atoms with van der Waals surface area (Å²) in [5.41, 5.74) is 0.909. The summed E-state index contributed by atoms with van der Waals surface area (Å²) in [5.74, 6) is -4.59.